The summed E-state index contributed by atoms with van der Waals surface area (Å²) >= 11 is 0. The van der Waals surface area contributed by atoms with Gasteiger partial charge in [-0.3, -0.25) is 9.59 Å². The topological polar surface area (TPSA) is 214 Å². The summed E-state index contributed by atoms with van der Waals surface area (Å²) in [4.78, 5) is 43.4. The Labute approximate surface area is 364 Å². The Hall–Kier alpha value is -5.59. The van der Waals surface area contributed by atoms with Gasteiger partial charge in [0.05, 0.1) is 25.4 Å². The zero-order valence-electron chi connectivity index (χ0n) is 34.6. The number of esters is 1. The number of fused-ring (bicyclic) bond motifs is 1. The minimum atomic E-state index is -1.56. The molecule has 0 unspecified atom stereocenters. The molecule has 6 N–H and O–H groups in total. The Morgan fingerprint density at radius 2 is 1.48 bits per heavy atom. The first-order valence-corrected chi connectivity index (χ1v) is 20.8. The summed E-state index contributed by atoms with van der Waals surface area (Å²) in [5.74, 6) is -3.01. The lowest BCUT2D eigenvalue weighted by Gasteiger charge is -2.39. The molecule has 0 spiro atoms. The molecule has 0 bridgehead atoms. The third kappa shape index (κ3) is 10.3. The second-order valence-electron chi connectivity index (χ2n) is 15.5. The molecule has 0 saturated carbocycles. The van der Waals surface area contributed by atoms with Crippen molar-refractivity contribution < 1.29 is 63.6 Å². The van der Waals surface area contributed by atoms with Crippen molar-refractivity contribution in [3.05, 3.63) is 161 Å². The molecule has 4 aromatic rings. The number of nitrogens with one attached hydrogen (secondary N) is 1. The van der Waals surface area contributed by atoms with Crippen LogP contribution >= 0.6 is 0 Å². The highest BCUT2D eigenvalue weighted by molar-refractivity contribution is 5.97. The largest absolute Gasteiger partial charge is 0.456 e. The molecule has 2 heterocycles. The number of amides is 2. The van der Waals surface area contributed by atoms with Crippen LogP contribution in [0.25, 0.3) is 6.08 Å². The van der Waals surface area contributed by atoms with Crippen LogP contribution in [-0.2, 0) is 45.5 Å². The second-order valence-corrected chi connectivity index (χ2v) is 15.5. The van der Waals surface area contributed by atoms with Crippen LogP contribution in [0.2, 0.25) is 0 Å². The molecular weight excluding hydrogens is 813 g/mol. The minimum Gasteiger partial charge on any atom is -0.456 e. The minimum absolute atomic E-state index is 0.0140. The Morgan fingerprint density at radius 3 is 2.10 bits per heavy atom. The molecule has 15 nitrogen and oxygen atoms in total. The van der Waals surface area contributed by atoms with Crippen molar-refractivity contribution in [2.75, 3.05) is 33.4 Å². The highest BCUT2D eigenvalue weighted by atomic mass is 16.8. The first-order valence-electron chi connectivity index (χ1n) is 20.8. The van der Waals surface area contributed by atoms with Gasteiger partial charge < -0.3 is 59.4 Å². The molecular formula is C48H52N2O13. The van der Waals surface area contributed by atoms with Gasteiger partial charge in [-0.05, 0) is 29.3 Å². The maximum absolute atomic E-state index is 14.5. The molecule has 15 heteroatoms. The number of carbonyl (C=O) groups is 3. The Morgan fingerprint density at radius 1 is 0.841 bits per heavy atom. The second kappa shape index (κ2) is 20.7. The van der Waals surface area contributed by atoms with Crippen molar-refractivity contribution in [2.45, 2.75) is 73.7 Å². The van der Waals surface area contributed by atoms with E-state index in [9.17, 15) is 39.9 Å². The average molecular weight is 865 g/mol. The molecule has 4 aromatic carbocycles. The fraction of sp³-hybridized carbons (Fsp3) is 0.354. The number of rotatable bonds is 16. The van der Waals surface area contributed by atoms with Crippen LogP contribution in [-0.4, -0.2) is 137 Å². The van der Waals surface area contributed by atoms with E-state index in [2.05, 4.69) is 5.32 Å². The molecule has 9 atom stereocenters. The Balaban J connectivity index is 1.12. The fourth-order valence-corrected chi connectivity index (χ4v) is 7.97. The quantitative estimate of drug-likeness (QED) is 0.0894. The van der Waals surface area contributed by atoms with Gasteiger partial charge in [0.25, 0.3) is 0 Å². The van der Waals surface area contributed by atoms with E-state index >= 15 is 0 Å². The normalized spacial score (nSPS) is 25.7. The van der Waals surface area contributed by atoms with Crippen molar-refractivity contribution in [1.29, 1.82) is 0 Å². The van der Waals surface area contributed by atoms with Crippen LogP contribution in [0.5, 0.6) is 0 Å². The predicted octanol–water partition coefficient (Wildman–Crippen LogP) is 2.24. The number of nitrogens with zero attached hydrogens (tertiary/aromatic N) is 1. The van der Waals surface area contributed by atoms with E-state index < -0.39 is 85.2 Å². The van der Waals surface area contributed by atoms with Gasteiger partial charge in [0.2, 0.25) is 17.6 Å². The van der Waals surface area contributed by atoms with Gasteiger partial charge in [-0.1, -0.05) is 115 Å². The molecule has 2 fully saturated rings. The van der Waals surface area contributed by atoms with E-state index in [-0.39, 0.29) is 43.7 Å². The van der Waals surface area contributed by atoms with Crippen molar-refractivity contribution in [3.63, 3.8) is 0 Å². The maximum Gasteiger partial charge on any atom is 0.338 e. The monoisotopic (exact) mass is 864 g/mol. The molecule has 2 aliphatic heterocycles. The fourth-order valence-electron chi connectivity index (χ4n) is 7.97. The number of aliphatic hydroxyl groups excluding tert-OH is 5. The van der Waals surface area contributed by atoms with E-state index in [0.717, 1.165) is 5.56 Å². The molecule has 2 saturated heterocycles. The number of carbonyl (C=O) groups excluding carboxylic acids is 3. The highest BCUT2D eigenvalue weighted by Gasteiger charge is 2.55. The third-order valence-electron chi connectivity index (χ3n) is 11.4. The van der Waals surface area contributed by atoms with Crippen LogP contribution in [0.1, 0.15) is 39.0 Å². The zero-order chi connectivity index (χ0) is 44.5. The molecule has 3 aliphatic rings. The van der Waals surface area contributed by atoms with Crippen LogP contribution in [0.15, 0.2) is 133 Å². The lowest BCUT2D eigenvalue weighted by molar-refractivity contribution is -0.298. The van der Waals surface area contributed by atoms with Crippen LogP contribution in [0.3, 0.4) is 0 Å². The van der Waals surface area contributed by atoms with Crippen LogP contribution in [0.4, 0.5) is 0 Å². The number of ether oxygens (including phenoxy) is 5. The Bertz CT molecular complexity index is 2160. The van der Waals surface area contributed by atoms with E-state index in [4.69, 9.17) is 23.7 Å². The zero-order valence-corrected chi connectivity index (χ0v) is 34.6. The third-order valence-corrected chi connectivity index (χ3v) is 11.4. The average Bonchev–Trinajstić information content (AvgIpc) is 3.73. The standard InChI is InChI=1S/C48H52N2O13/c1-50(36(44(56)49-23-24-51)26-31-12-5-2-6-13-31)45(57)33-27-37(43-38(28-33)62-48(63-43,34-15-7-3-8-16-34)35-17-9-4-10-18-35)60-46(58)32-21-19-30(20-22-32)14-11-25-59-47-42(55)41(54)40(53)39(29-52)61-47/h2-22,28,36-43,47,51-55H,23-27,29H2,1H3,(H,49,56)/t36-,37-,38-,39-,40+,41+,42-,43+,47+/m1/s1. The summed E-state index contributed by atoms with van der Waals surface area (Å²) in [7, 11) is 1.55. The molecule has 0 aromatic heterocycles. The summed E-state index contributed by atoms with van der Waals surface area (Å²) in [6, 6.07) is 33.6. The smallest absolute Gasteiger partial charge is 0.338 e. The van der Waals surface area contributed by atoms with Gasteiger partial charge in [0, 0.05) is 43.1 Å². The van der Waals surface area contributed by atoms with Gasteiger partial charge >= 0.3 is 5.97 Å². The van der Waals surface area contributed by atoms with Crippen LogP contribution < -0.4 is 5.32 Å². The first-order chi connectivity index (χ1) is 30.5. The van der Waals surface area contributed by atoms with Crippen molar-refractivity contribution in [1.82, 2.24) is 10.2 Å². The number of benzene rings is 4. The maximum atomic E-state index is 14.5. The number of hydrogen-bond donors (Lipinski definition) is 6. The molecule has 63 heavy (non-hydrogen) atoms. The summed E-state index contributed by atoms with van der Waals surface area (Å²) in [5, 5.41) is 51.8. The number of hydrogen-bond acceptors (Lipinski definition) is 13. The van der Waals surface area contributed by atoms with Gasteiger partial charge in [-0.25, -0.2) is 4.79 Å². The van der Waals surface area contributed by atoms with E-state index in [1.54, 1.807) is 49.5 Å². The SMILES string of the molecule is CN(C(=O)C1=C[C@H]2OC(c3ccccc3)(c3ccccc3)O[C@H]2[C@H](OC(=O)c2ccc(C=CCO[C@H]3O[C@H](CO)[C@H](O)[C@H](O)[C@H]3O)cc2)C1)[C@H](Cc1ccccc1)C(=O)NCCO. The highest BCUT2D eigenvalue weighted by Crippen LogP contribution is 2.47. The number of likely N-dealkylation sites (N-methyl/N-ethyl adjacent to an activating group) is 1. The van der Waals surface area contributed by atoms with E-state index in [1.807, 2.05) is 91.0 Å². The van der Waals surface area contributed by atoms with Crippen molar-refractivity contribution in [3.8, 4) is 0 Å². The molecule has 7 rings (SSSR count). The van der Waals surface area contributed by atoms with E-state index in [1.165, 1.54) is 4.90 Å². The lowest BCUT2D eigenvalue weighted by Crippen LogP contribution is -2.59. The Kier molecular flexibility index (Phi) is 14.9. The van der Waals surface area contributed by atoms with Gasteiger partial charge in [-0.2, -0.15) is 0 Å². The van der Waals surface area contributed by atoms with Crippen molar-refractivity contribution in [2.24, 2.45) is 0 Å². The molecule has 1 aliphatic carbocycles. The summed E-state index contributed by atoms with van der Waals surface area (Å²) in [5.41, 5.74) is 3.39. The summed E-state index contributed by atoms with van der Waals surface area (Å²) < 4.78 is 30.9. The van der Waals surface area contributed by atoms with Crippen LogP contribution in [0, 0.1) is 0 Å². The van der Waals surface area contributed by atoms with Gasteiger partial charge in [0.1, 0.15) is 48.8 Å². The number of aliphatic hydroxyl groups is 5. The summed E-state index contributed by atoms with van der Waals surface area (Å²) in [6.07, 6.45) is -4.50. The predicted molar refractivity (Wildman–Crippen MR) is 227 cm³/mol. The summed E-state index contributed by atoms with van der Waals surface area (Å²) in [6.45, 7) is -0.875. The van der Waals surface area contributed by atoms with Gasteiger partial charge in [0.15, 0.2) is 6.29 Å². The van der Waals surface area contributed by atoms with E-state index in [0.29, 0.717) is 16.7 Å². The van der Waals surface area contributed by atoms with Crippen molar-refractivity contribution >= 4 is 23.9 Å². The first kappa shape index (κ1) is 45.4. The molecule has 332 valence electrons. The lowest BCUT2D eigenvalue weighted by atomic mass is 9.90. The van der Waals surface area contributed by atoms with Gasteiger partial charge in [-0.15, -0.1) is 0 Å². The molecule has 0 radical (unpaired) electrons. The molecule has 2 amide bonds.